The van der Waals surface area contributed by atoms with Gasteiger partial charge >= 0.3 is 10.2 Å². The quantitative estimate of drug-likeness (QED) is 0.629. The Morgan fingerprint density at radius 1 is 1.47 bits per heavy atom. The van der Waals surface area contributed by atoms with Gasteiger partial charge in [-0.25, -0.2) is 9.03 Å². The molecule has 0 unspecified atom stereocenters. The number of nitrogens with zero attached hydrogens (tertiary/aromatic N) is 1. The maximum atomic E-state index is 11.6. The van der Waals surface area contributed by atoms with Crippen LogP contribution in [0.4, 0.5) is 5.69 Å². The number of carbonyl (C=O) groups is 2. The monoisotopic (exact) mass is 285 g/mol. The van der Waals surface area contributed by atoms with Gasteiger partial charge in [0.15, 0.2) is 0 Å². The van der Waals surface area contributed by atoms with E-state index in [1.165, 1.54) is 18.2 Å². The van der Waals surface area contributed by atoms with Crippen molar-refractivity contribution < 1.29 is 23.1 Å². The molecule has 1 aliphatic rings. The van der Waals surface area contributed by atoms with Crippen molar-refractivity contribution in [3.05, 3.63) is 23.8 Å². The van der Waals surface area contributed by atoms with E-state index in [0.29, 0.717) is 5.56 Å². The van der Waals surface area contributed by atoms with E-state index in [-0.39, 0.29) is 17.9 Å². The molecule has 0 radical (unpaired) electrons. The number of phenolic OH excluding ortho intramolecular Hbond substituents is 1. The van der Waals surface area contributed by atoms with E-state index in [1.54, 1.807) is 4.72 Å². The normalized spacial score (nSPS) is 17.3. The summed E-state index contributed by atoms with van der Waals surface area (Å²) in [5.74, 6) is -1.60. The average Bonchev–Trinajstić information content (AvgIpc) is 2.51. The van der Waals surface area contributed by atoms with Gasteiger partial charge in [-0.2, -0.15) is 8.42 Å². The van der Waals surface area contributed by atoms with E-state index in [0.717, 1.165) is 4.31 Å². The van der Waals surface area contributed by atoms with Crippen LogP contribution in [0.15, 0.2) is 18.2 Å². The van der Waals surface area contributed by atoms with E-state index >= 15 is 0 Å². The van der Waals surface area contributed by atoms with Crippen LogP contribution in [0.1, 0.15) is 5.56 Å². The number of amides is 2. The molecule has 0 bridgehead atoms. The summed E-state index contributed by atoms with van der Waals surface area (Å²) >= 11 is 0. The number of rotatable bonds is 3. The first-order valence-corrected chi connectivity index (χ1v) is 6.67. The molecular formula is C10H11N3O5S. The summed E-state index contributed by atoms with van der Waals surface area (Å²) in [6.07, 6.45) is -0.0717. The Bertz CT molecular complexity index is 655. The first-order valence-electron chi connectivity index (χ1n) is 5.23. The molecule has 4 N–H and O–H groups in total. The van der Waals surface area contributed by atoms with Gasteiger partial charge < -0.3 is 10.8 Å². The predicted molar refractivity (Wildman–Crippen MR) is 65.4 cm³/mol. The molecule has 2 amide bonds. The van der Waals surface area contributed by atoms with E-state index in [2.05, 4.69) is 0 Å². The zero-order chi connectivity index (χ0) is 14.2. The topological polar surface area (TPSA) is 130 Å². The maximum absolute atomic E-state index is 11.6. The lowest BCUT2D eigenvalue weighted by Crippen LogP contribution is -2.29. The third kappa shape index (κ3) is 2.60. The first-order chi connectivity index (χ1) is 8.79. The number of aromatic hydroxyl groups is 1. The predicted octanol–water partition coefficient (Wildman–Crippen LogP) is -1.40. The molecular weight excluding hydrogens is 274 g/mol. The van der Waals surface area contributed by atoms with Gasteiger partial charge in [-0.3, -0.25) is 9.59 Å². The molecule has 0 aromatic heterocycles. The number of benzene rings is 1. The van der Waals surface area contributed by atoms with Crippen LogP contribution in [0.3, 0.4) is 0 Å². The van der Waals surface area contributed by atoms with Gasteiger partial charge in [0.05, 0.1) is 12.1 Å². The highest BCUT2D eigenvalue weighted by atomic mass is 32.2. The molecule has 9 heteroatoms. The van der Waals surface area contributed by atoms with Crippen molar-refractivity contribution in [1.82, 2.24) is 4.72 Å². The molecule has 0 spiro atoms. The fraction of sp³-hybridized carbons (Fsp3) is 0.200. The van der Waals surface area contributed by atoms with Gasteiger partial charge in [-0.1, -0.05) is 6.07 Å². The Hall–Kier alpha value is -2.29. The van der Waals surface area contributed by atoms with Gasteiger partial charge in [-0.15, -0.1) is 0 Å². The zero-order valence-electron chi connectivity index (χ0n) is 9.66. The average molecular weight is 285 g/mol. The minimum Gasteiger partial charge on any atom is -0.506 e. The van der Waals surface area contributed by atoms with Gasteiger partial charge in [0.25, 0.3) is 5.91 Å². The lowest BCUT2D eigenvalue weighted by Gasteiger charge is -2.16. The highest BCUT2D eigenvalue weighted by Crippen LogP contribution is 2.31. The number of hydrogen-bond acceptors (Lipinski definition) is 5. The van der Waals surface area contributed by atoms with Gasteiger partial charge in [0.2, 0.25) is 5.91 Å². The van der Waals surface area contributed by atoms with Crippen molar-refractivity contribution in [3.63, 3.8) is 0 Å². The third-order valence-corrected chi connectivity index (χ3v) is 3.90. The van der Waals surface area contributed by atoms with Gasteiger partial charge in [0, 0.05) is 0 Å². The molecule has 8 nitrogen and oxygen atoms in total. The molecule has 102 valence electrons. The largest absolute Gasteiger partial charge is 0.506 e. The highest BCUT2D eigenvalue weighted by molar-refractivity contribution is 7.92. The third-order valence-electron chi connectivity index (χ3n) is 2.51. The van der Waals surface area contributed by atoms with Gasteiger partial charge in [0.1, 0.15) is 12.3 Å². The summed E-state index contributed by atoms with van der Waals surface area (Å²) in [4.78, 5) is 21.8. The Kier molecular flexibility index (Phi) is 3.06. The smallest absolute Gasteiger partial charge is 0.326 e. The van der Waals surface area contributed by atoms with Crippen LogP contribution < -0.4 is 14.8 Å². The number of anilines is 1. The summed E-state index contributed by atoms with van der Waals surface area (Å²) in [5, 5.41) is 9.79. The standard InChI is InChI=1S/C10H11N3O5S/c11-9(15)4-6-1-2-7(8(14)3-6)13-5-10(16)12-19(13,17)18/h1-3,14H,4-5H2,(H2,11,15)(H,12,16). The van der Waals surface area contributed by atoms with Crippen molar-refractivity contribution >= 4 is 27.7 Å². The van der Waals surface area contributed by atoms with Crippen molar-refractivity contribution in [1.29, 1.82) is 0 Å². The molecule has 0 aliphatic carbocycles. The molecule has 0 atom stereocenters. The van der Waals surface area contributed by atoms with Crippen molar-refractivity contribution in [2.45, 2.75) is 6.42 Å². The molecule has 1 fully saturated rings. The summed E-state index contributed by atoms with van der Waals surface area (Å²) in [5.41, 5.74) is 5.43. The maximum Gasteiger partial charge on any atom is 0.326 e. The van der Waals surface area contributed by atoms with Crippen molar-refractivity contribution in [2.75, 3.05) is 10.8 Å². The number of primary amides is 1. The molecule has 19 heavy (non-hydrogen) atoms. The molecule has 1 aromatic carbocycles. The second kappa shape index (κ2) is 4.43. The van der Waals surface area contributed by atoms with Crippen LogP contribution in [0.25, 0.3) is 0 Å². The van der Waals surface area contributed by atoms with Crippen LogP contribution in [-0.2, 0) is 26.2 Å². The first kappa shape index (κ1) is 13.1. The van der Waals surface area contributed by atoms with Crippen LogP contribution in [0, 0.1) is 0 Å². The number of hydrogen-bond donors (Lipinski definition) is 3. The fourth-order valence-corrected chi connectivity index (χ4v) is 2.92. The van der Waals surface area contributed by atoms with Gasteiger partial charge in [-0.05, 0) is 17.7 Å². The van der Waals surface area contributed by atoms with E-state index < -0.39 is 28.6 Å². The molecule has 1 aromatic rings. The zero-order valence-corrected chi connectivity index (χ0v) is 10.5. The molecule has 1 saturated heterocycles. The van der Waals surface area contributed by atoms with Crippen LogP contribution >= 0.6 is 0 Å². The Morgan fingerprint density at radius 3 is 2.63 bits per heavy atom. The minimum absolute atomic E-state index is 0.0356. The lowest BCUT2D eigenvalue weighted by molar-refractivity contribution is -0.118. The summed E-state index contributed by atoms with van der Waals surface area (Å²) in [7, 11) is -3.97. The molecule has 2 rings (SSSR count). The van der Waals surface area contributed by atoms with Crippen LogP contribution in [0.2, 0.25) is 0 Å². The van der Waals surface area contributed by atoms with E-state index in [9.17, 15) is 23.1 Å². The Balaban J connectivity index is 2.37. The number of phenols is 1. The summed E-state index contributed by atoms with van der Waals surface area (Å²) in [6, 6.07) is 4.00. The number of carbonyl (C=O) groups excluding carboxylic acids is 2. The molecule has 1 aliphatic heterocycles. The van der Waals surface area contributed by atoms with E-state index in [4.69, 9.17) is 5.73 Å². The number of nitrogens with one attached hydrogen (secondary N) is 1. The lowest BCUT2D eigenvalue weighted by atomic mass is 10.1. The van der Waals surface area contributed by atoms with Crippen LogP contribution in [0.5, 0.6) is 5.75 Å². The van der Waals surface area contributed by atoms with Crippen molar-refractivity contribution in [3.8, 4) is 5.75 Å². The SMILES string of the molecule is NC(=O)Cc1ccc(N2CC(=O)NS2(=O)=O)c(O)c1. The Morgan fingerprint density at radius 2 is 2.16 bits per heavy atom. The minimum atomic E-state index is -3.97. The number of nitrogens with two attached hydrogens (primary N) is 1. The second-order valence-corrected chi connectivity index (χ2v) is 5.60. The Labute approximate surface area is 109 Å². The van der Waals surface area contributed by atoms with E-state index in [1.807, 2.05) is 0 Å². The molecule has 1 heterocycles. The fourth-order valence-electron chi connectivity index (χ4n) is 1.75. The second-order valence-electron chi connectivity index (χ2n) is 4.00. The highest BCUT2D eigenvalue weighted by Gasteiger charge is 2.35. The van der Waals surface area contributed by atoms with Crippen molar-refractivity contribution in [2.24, 2.45) is 5.73 Å². The summed E-state index contributed by atoms with van der Waals surface area (Å²) < 4.78 is 25.7. The van der Waals surface area contributed by atoms with Crippen LogP contribution in [-0.4, -0.2) is 31.9 Å². The summed E-state index contributed by atoms with van der Waals surface area (Å²) in [6.45, 7) is -0.398. The molecule has 0 saturated carbocycles.